The number of nitrogens with one attached hydrogen (secondary N) is 1. The van der Waals surface area contributed by atoms with E-state index in [0.717, 1.165) is 10.2 Å². The SMILES string of the molecule is CCOC(=O)CNc1cc(Br)ccc1N. The standard InChI is InChI=1S/C10H13BrN2O2/c1-2-15-10(14)6-13-9-5-7(11)3-4-8(9)12/h3-5,13H,2,6,12H2,1H3. The van der Waals surface area contributed by atoms with Gasteiger partial charge in [-0.05, 0) is 25.1 Å². The minimum atomic E-state index is -0.295. The van der Waals surface area contributed by atoms with Crippen LogP contribution in [-0.4, -0.2) is 19.1 Å². The summed E-state index contributed by atoms with van der Waals surface area (Å²) in [5.74, 6) is -0.295. The van der Waals surface area contributed by atoms with Gasteiger partial charge in [0.15, 0.2) is 0 Å². The fraction of sp³-hybridized carbons (Fsp3) is 0.300. The fourth-order valence-electron chi connectivity index (χ4n) is 1.06. The lowest BCUT2D eigenvalue weighted by Crippen LogP contribution is -2.17. The molecule has 1 rings (SSSR count). The molecule has 0 aliphatic carbocycles. The summed E-state index contributed by atoms with van der Waals surface area (Å²) in [5.41, 5.74) is 7.03. The quantitative estimate of drug-likeness (QED) is 0.650. The average molecular weight is 273 g/mol. The van der Waals surface area contributed by atoms with Crippen LogP contribution >= 0.6 is 15.9 Å². The van der Waals surface area contributed by atoms with Gasteiger partial charge in [0.05, 0.1) is 18.0 Å². The fourth-order valence-corrected chi connectivity index (χ4v) is 1.42. The van der Waals surface area contributed by atoms with Crippen LogP contribution < -0.4 is 11.1 Å². The van der Waals surface area contributed by atoms with Crippen LogP contribution in [0, 0.1) is 0 Å². The summed E-state index contributed by atoms with van der Waals surface area (Å²) in [7, 11) is 0. The number of nitrogen functional groups attached to an aromatic ring is 1. The molecule has 0 unspecified atom stereocenters. The summed E-state index contributed by atoms with van der Waals surface area (Å²) in [4.78, 5) is 11.1. The van der Waals surface area contributed by atoms with Crippen LogP contribution in [0.4, 0.5) is 11.4 Å². The first-order valence-corrected chi connectivity index (χ1v) is 5.37. The Morgan fingerprint density at radius 1 is 1.60 bits per heavy atom. The molecular formula is C10H13BrN2O2. The molecule has 0 saturated carbocycles. The van der Waals surface area contributed by atoms with Gasteiger partial charge < -0.3 is 15.8 Å². The maximum atomic E-state index is 11.1. The molecule has 82 valence electrons. The first-order chi connectivity index (χ1) is 7.13. The van der Waals surface area contributed by atoms with Crippen molar-refractivity contribution in [3.63, 3.8) is 0 Å². The molecule has 0 saturated heterocycles. The summed E-state index contributed by atoms with van der Waals surface area (Å²) < 4.78 is 5.69. The first-order valence-electron chi connectivity index (χ1n) is 4.58. The van der Waals surface area contributed by atoms with Crippen molar-refractivity contribution < 1.29 is 9.53 Å². The van der Waals surface area contributed by atoms with E-state index in [1.165, 1.54) is 0 Å². The van der Waals surface area contributed by atoms with Gasteiger partial charge in [-0.25, -0.2) is 0 Å². The van der Waals surface area contributed by atoms with Crippen LogP contribution in [0.5, 0.6) is 0 Å². The second-order valence-electron chi connectivity index (χ2n) is 2.89. The van der Waals surface area contributed by atoms with E-state index in [0.29, 0.717) is 12.3 Å². The highest BCUT2D eigenvalue weighted by Crippen LogP contribution is 2.22. The number of halogens is 1. The summed E-state index contributed by atoms with van der Waals surface area (Å²) >= 11 is 3.32. The van der Waals surface area contributed by atoms with Crippen LogP contribution in [-0.2, 0) is 9.53 Å². The molecular weight excluding hydrogens is 260 g/mol. The molecule has 1 aromatic rings. The zero-order chi connectivity index (χ0) is 11.3. The third-order valence-corrected chi connectivity index (χ3v) is 2.24. The number of nitrogens with two attached hydrogens (primary N) is 1. The number of esters is 1. The predicted molar refractivity (Wildman–Crippen MR) is 63.7 cm³/mol. The molecule has 0 amide bonds. The molecule has 0 atom stereocenters. The summed E-state index contributed by atoms with van der Waals surface area (Å²) in [6.45, 7) is 2.27. The van der Waals surface area contributed by atoms with Crippen molar-refractivity contribution in [2.24, 2.45) is 0 Å². The Labute approximate surface area is 96.9 Å². The van der Waals surface area contributed by atoms with Gasteiger partial charge >= 0.3 is 5.97 Å². The van der Waals surface area contributed by atoms with Gasteiger partial charge in [-0.15, -0.1) is 0 Å². The molecule has 0 aliphatic rings. The molecule has 0 radical (unpaired) electrons. The van der Waals surface area contributed by atoms with Gasteiger partial charge in [-0.2, -0.15) is 0 Å². The lowest BCUT2D eigenvalue weighted by Gasteiger charge is -2.08. The Kier molecular flexibility index (Phi) is 4.42. The van der Waals surface area contributed by atoms with Crippen LogP contribution in [0.2, 0.25) is 0 Å². The Hall–Kier alpha value is -1.23. The minimum Gasteiger partial charge on any atom is -0.465 e. The number of rotatable bonds is 4. The van der Waals surface area contributed by atoms with Crippen molar-refractivity contribution in [3.8, 4) is 0 Å². The second-order valence-corrected chi connectivity index (χ2v) is 3.81. The van der Waals surface area contributed by atoms with Crippen molar-refractivity contribution >= 4 is 33.3 Å². The smallest absolute Gasteiger partial charge is 0.325 e. The number of anilines is 2. The maximum absolute atomic E-state index is 11.1. The zero-order valence-electron chi connectivity index (χ0n) is 8.42. The van der Waals surface area contributed by atoms with E-state index in [1.807, 2.05) is 12.1 Å². The lowest BCUT2D eigenvalue weighted by molar-refractivity contribution is -0.140. The highest BCUT2D eigenvalue weighted by Gasteiger charge is 2.03. The zero-order valence-corrected chi connectivity index (χ0v) is 10.0. The summed E-state index contributed by atoms with van der Waals surface area (Å²) in [5, 5.41) is 2.91. The van der Waals surface area contributed by atoms with Crippen molar-refractivity contribution in [3.05, 3.63) is 22.7 Å². The third kappa shape index (κ3) is 3.79. The van der Waals surface area contributed by atoms with E-state index in [2.05, 4.69) is 21.2 Å². The maximum Gasteiger partial charge on any atom is 0.325 e. The van der Waals surface area contributed by atoms with Crippen molar-refractivity contribution in [2.45, 2.75) is 6.92 Å². The highest BCUT2D eigenvalue weighted by atomic mass is 79.9. The van der Waals surface area contributed by atoms with Crippen LogP contribution in [0.1, 0.15) is 6.92 Å². The molecule has 0 aliphatic heterocycles. The normalized spacial score (nSPS) is 9.73. The Balaban J connectivity index is 2.57. The molecule has 3 N–H and O–H groups in total. The predicted octanol–water partition coefficient (Wildman–Crippen LogP) is 2.01. The Bertz CT molecular complexity index is 355. The van der Waals surface area contributed by atoms with E-state index in [9.17, 15) is 4.79 Å². The molecule has 15 heavy (non-hydrogen) atoms. The van der Waals surface area contributed by atoms with Crippen LogP contribution in [0.25, 0.3) is 0 Å². The third-order valence-electron chi connectivity index (χ3n) is 1.74. The Morgan fingerprint density at radius 2 is 2.33 bits per heavy atom. The number of benzene rings is 1. The molecule has 4 nitrogen and oxygen atoms in total. The molecule has 0 fully saturated rings. The van der Waals surface area contributed by atoms with Crippen molar-refractivity contribution in [1.82, 2.24) is 0 Å². The van der Waals surface area contributed by atoms with Gasteiger partial charge in [0.2, 0.25) is 0 Å². The van der Waals surface area contributed by atoms with E-state index < -0.39 is 0 Å². The minimum absolute atomic E-state index is 0.120. The molecule has 1 aromatic carbocycles. The number of carbonyl (C=O) groups excluding carboxylic acids is 1. The van der Waals surface area contributed by atoms with E-state index in [4.69, 9.17) is 10.5 Å². The molecule has 5 heteroatoms. The summed E-state index contributed by atoms with van der Waals surface area (Å²) in [6.07, 6.45) is 0. The highest BCUT2D eigenvalue weighted by molar-refractivity contribution is 9.10. The molecule has 0 heterocycles. The van der Waals surface area contributed by atoms with E-state index in [1.54, 1.807) is 13.0 Å². The average Bonchev–Trinajstić information content (AvgIpc) is 2.20. The molecule has 0 spiro atoms. The summed E-state index contributed by atoms with van der Waals surface area (Å²) in [6, 6.07) is 5.41. The number of hydrogen-bond donors (Lipinski definition) is 2. The monoisotopic (exact) mass is 272 g/mol. The van der Waals surface area contributed by atoms with Crippen molar-refractivity contribution in [2.75, 3.05) is 24.2 Å². The van der Waals surface area contributed by atoms with Gasteiger partial charge in [0.25, 0.3) is 0 Å². The molecule has 0 aromatic heterocycles. The largest absolute Gasteiger partial charge is 0.465 e. The van der Waals surface area contributed by atoms with Gasteiger partial charge in [-0.1, -0.05) is 15.9 Å². The molecule has 0 bridgehead atoms. The topological polar surface area (TPSA) is 64.3 Å². The second kappa shape index (κ2) is 5.60. The Morgan fingerprint density at radius 3 is 3.00 bits per heavy atom. The van der Waals surface area contributed by atoms with E-state index in [-0.39, 0.29) is 12.5 Å². The van der Waals surface area contributed by atoms with Gasteiger partial charge in [-0.3, -0.25) is 4.79 Å². The number of ether oxygens (including phenoxy) is 1. The number of carbonyl (C=O) groups is 1. The first kappa shape index (κ1) is 11.8. The van der Waals surface area contributed by atoms with Crippen molar-refractivity contribution in [1.29, 1.82) is 0 Å². The van der Waals surface area contributed by atoms with Gasteiger partial charge in [0, 0.05) is 4.47 Å². The van der Waals surface area contributed by atoms with E-state index >= 15 is 0 Å². The number of hydrogen-bond acceptors (Lipinski definition) is 4. The van der Waals surface area contributed by atoms with Gasteiger partial charge in [0.1, 0.15) is 6.54 Å². The van der Waals surface area contributed by atoms with Crippen LogP contribution in [0.15, 0.2) is 22.7 Å². The lowest BCUT2D eigenvalue weighted by atomic mass is 10.3. The van der Waals surface area contributed by atoms with Crippen LogP contribution in [0.3, 0.4) is 0 Å².